The number of halogens is 1. The summed E-state index contributed by atoms with van der Waals surface area (Å²) < 4.78 is 0. The van der Waals surface area contributed by atoms with E-state index in [9.17, 15) is 14.9 Å². The second-order valence-corrected chi connectivity index (χ2v) is 7.10. The molecule has 0 atom stereocenters. The number of carbonyl (C=O) groups excluding carboxylic acids is 1. The number of hydrogen-bond acceptors (Lipinski definition) is 5. The summed E-state index contributed by atoms with van der Waals surface area (Å²) in [5, 5.41) is 17.3. The summed E-state index contributed by atoms with van der Waals surface area (Å²) in [6.45, 7) is 3.61. The van der Waals surface area contributed by atoms with Crippen LogP contribution in [0.1, 0.15) is 18.1 Å². The summed E-state index contributed by atoms with van der Waals surface area (Å²) in [6, 6.07) is 9.84. The second-order valence-electron chi connectivity index (χ2n) is 6.69. The van der Waals surface area contributed by atoms with Crippen LogP contribution in [0, 0.1) is 17.0 Å². The minimum atomic E-state index is -0.459. The number of rotatable bonds is 4. The Labute approximate surface area is 167 Å². The van der Waals surface area contributed by atoms with Crippen LogP contribution in [0.4, 0.5) is 17.1 Å². The third-order valence-electron chi connectivity index (χ3n) is 4.47. The summed E-state index contributed by atoms with van der Waals surface area (Å²) in [5.41, 5.74) is 3.66. The van der Waals surface area contributed by atoms with Crippen LogP contribution in [-0.2, 0) is 4.79 Å². The minimum absolute atomic E-state index is 0.0420. The molecule has 1 amide bonds. The monoisotopic (exact) mass is 398 g/mol. The Morgan fingerprint density at radius 1 is 1.18 bits per heavy atom. The number of aryl methyl sites for hydroxylation is 1. The maximum atomic E-state index is 13.0. The maximum absolute atomic E-state index is 13.0. The van der Waals surface area contributed by atoms with Crippen molar-refractivity contribution in [1.29, 1.82) is 0 Å². The van der Waals surface area contributed by atoms with Gasteiger partial charge in [-0.05, 0) is 43.7 Å². The van der Waals surface area contributed by atoms with Gasteiger partial charge in [-0.2, -0.15) is 10.1 Å². The normalized spacial score (nSPS) is 15.2. The number of benzene rings is 2. The largest absolute Gasteiger partial charge is 0.377 e. The molecule has 0 saturated heterocycles. The molecule has 7 nitrogen and oxygen atoms in total. The van der Waals surface area contributed by atoms with Crippen molar-refractivity contribution in [2.24, 2.45) is 5.10 Å². The van der Waals surface area contributed by atoms with Crippen LogP contribution in [0.15, 0.2) is 47.1 Å². The lowest BCUT2D eigenvalue weighted by Gasteiger charge is -2.16. The number of nitro groups is 1. The van der Waals surface area contributed by atoms with Crippen LogP contribution in [0.5, 0.6) is 0 Å². The molecule has 0 aromatic heterocycles. The number of carbonyl (C=O) groups is 1. The third kappa shape index (κ3) is 3.61. The fraction of sp³-hybridized carbons (Fsp3) is 0.200. The number of anilines is 2. The number of nitrogens with zero attached hydrogens (tertiary/aromatic N) is 4. The molecule has 0 fully saturated rings. The van der Waals surface area contributed by atoms with Gasteiger partial charge in [0.05, 0.1) is 21.9 Å². The first kappa shape index (κ1) is 19.6. The first-order chi connectivity index (χ1) is 13.2. The topological polar surface area (TPSA) is 79.0 Å². The van der Waals surface area contributed by atoms with E-state index in [0.717, 1.165) is 11.3 Å². The molecule has 1 aliphatic rings. The standard InChI is InChI=1S/C20H19ClN4O3/c1-12-5-6-15(11-18(12)21)24-20(26)17(13(2)22-24)10-14-9-16(25(27)28)7-8-19(14)23(3)4/h5-11H,1-4H3/b17-10-. The summed E-state index contributed by atoms with van der Waals surface area (Å²) >= 11 is 6.17. The lowest BCUT2D eigenvalue weighted by molar-refractivity contribution is -0.384. The van der Waals surface area contributed by atoms with Crippen LogP contribution < -0.4 is 9.91 Å². The SMILES string of the molecule is CC1=NN(c2ccc(C)c(Cl)c2)C(=O)/C1=C\c1cc([N+](=O)[O-])ccc1N(C)C. The van der Waals surface area contributed by atoms with Crippen molar-refractivity contribution in [3.8, 4) is 0 Å². The van der Waals surface area contributed by atoms with Crippen molar-refractivity contribution >= 4 is 46.4 Å². The molecule has 2 aromatic rings. The Kier molecular flexibility index (Phi) is 5.20. The van der Waals surface area contributed by atoms with Gasteiger partial charge in [-0.15, -0.1) is 0 Å². The van der Waals surface area contributed by atoms with Crippen molar-refractivity contribution in [1.82, 2.24) is 0 Å². The molecule has 0 aliphatic carbocycles. The van der Waals surface area contributed by atoms with Crippen molar-refractivity contribution in [3.63, 3.8) is 0 Å². The van der Waals surface area contributed by atoms with Crippen molar-refractivity contribution < 1.29 is 9.72 Å². The van der Waals surface area contributed by atoms with E-state index in [2.05, 4.69) is 5.10 Å². The van der Waals surface area contributed by atoms with Gasteiger partial charge in [-0.1, -0.05) is 17.7 Å². The molecule has 8 heteroatoms. The molecule has 0 radical (unpaired) electrons. The Morgan fingerprint density at radius 2 is 1.89 bits per heavy atom. The van der Waals surface area contributed by atoms with Crippen LogP contribution in [0.2, 0.25) is 5.02 Å². The van der Waals surface area contributed by atoms with E-state index in [4.69, 9.17) is 11.6 Å². The maximum Gasteiger partial charge on any atom is 0.280 e. The van der Waals surface area contributed by atoms with E-state index < -0.39 is 4.92 Å². The molecule has 0 spiro atoms. The fourth-order valence-corrected chi connectivity index (χ4v) is 3.08. The fourth-order valence-electron chi connectivity index (χ4n) is 2.91. The molecule has 1 aliphatic heterocycles. The zero-order chi connectivity index (χ0) is 20.6. The van der Waals surface area contributed by atoms with Crippen LogP contribution in [-0.4, -0.2) is 30.6 Å². The van der Waals surface area contributed by atoms with Crippen LogP contribution >= 0.6 is 11.6 Å². The molecule has 0 saturated carbocycles. The van der Waals surface area contributed by atoms with Gasteiger partial charge in [0.1, 0.15) is 0 Å². The summed E-state index contributed by atoms with van der Waals surface area (Å²) in [6.07, 6.45) is 1.64. The first-order valence-corrected chi connectivity index (χ1v) is 8.90. The Morgan fingerprint density at radius 3 is 2.50 bits per heavy atom. The Hall–Kier alpha value is -3.19. The van der Waals surface area contributed by atoms with Gasteiger partial charge in [-0.3, -0.25) is 14.9 Å². The molecule has 0 bridgehead atoms. The highest BCUT2D eigenvalue weighted by molar-refractivity contribution is 6.33. The predicted octanol–water partition coefficient (Wildman–Crippen LogP) is 4.43. The molecule has 28 heavy (non-hydrogen) atoms. The van der Waals surface area contributed by atoms with Crippen molar-refractivity contribution in [2.75, 3.05) is 24.0 Å². The van der Waals surface area contributed by atoms with E-state index in [-0.39, 0.29) is 11.6 Å². The van der Waals surface area contributed by atoms with Gasteiger partial charge >= 0.3 is 0 Å². The smallest absolute Gasteiger partial charge is 0.280 e. The zero-order valence-corrected chi connectivity index (χ0v) is 16.7. The number of hydrogen-bond donors (Lipinski definition) is 0. The number of nitro benzene ring substituents is 1. The van der Waals surface area contributed by atoms with Gasteiger partial charge in [0, 0.05) is 42.5 Å². The number of hydrazone groups is 1. The summed E-state index contributed by atoms with van der Waals surface area (Å²) in [5.74, 6) is -0.311. The zero-order valence-electron chi connectivity index (χ0n) is 15.9. The van der Waals surface area contributed by atoms with Gasteiger partial charge in [0.25, 0.3) is 11.6 Å². The van der Waals surface area contributed by atoms with Gasteiger partial charge in [0.2, 0.25) is 0 Å². The highest BCUT2D eigenvalue weighted by Crippen LogP contribution is 2.31. The van der Waals surface area contributed by atoms with E-state index in [1.807, 2.05) is 32.0 Å². The Balaban J connectivity index is 2.05. The van der Waals surface area contributed by atoms with E-state index in [1.54, 1.807) is 31.2 Å². The van der Waals surface area contributed by atoms with Gasteiger partial charge < -0.3 is 4.90 Å². The molecule has 3 rings (SSSR count). The van der Waals surface area contributed by atoms with Crippen molar-refractivity contribution in [2.45, 2.75) is 13.8 Å². The summed E-state index contributed by atoms with van der Waals surface area (Å²) in [7, 11) is 3.67. The Bertz CT molecular complexity index is 1040. The molecular weight excluding hydrogens is 380 g/mol. The molecule has 2 aromatic carbocycles. The lowest BCUT2D eigenvalue weighted by atomic mass is 10.0. The van der Waals surface area contributed by atoms with Crippen LogP contribution in [0.25, 0.3) is 6.08 Å². The highest BCUT2D eigenvalue weighted by atomic mass is 35.5. The van der Waals surface area contributed by atoms with E-state index >= 15 is 0 Å². The van der Waals surface area contributed by atoms with Crippen molar-refractivity contribution in [3.05, 3.63) is 68.2 Å². The molecule has 144 valence electrons. The van der Waals surface area contributed by atoms with Gasteiger partial charge in [0.15, 0.2) is 0 Å². The molecule has 0 unspecified atom stereocenters. The van der Waals surface area contributed by atoms with Gasteiger partial charge in [-0.25, -0.2) is 0 Å². The minimum Gasteiger partial charge on any atom is -0.377 e. The quantitative estimate of drug-likeness (QED) is 0.433. The second kappa shape index (κ2) is 7.44. The average Bonchev–Trinajstić information content (AvgIpc) is 2.92. The predicted molar refractivity (Wildman–Crippen MR) is 112 cm³/mol. The van der Waals surface area contributed by atoms with E-state index in [0.29, 0.717) is 27.6 Å². The summed E-state index contributed by atoms with van der Waals surface area (Å²) in [4.78, 5) is 25.5. The highest BCUT2D eigenvalue weighted by Gasteiger charge is 2.29. The van der Waals surface area contributed by atoms with Crippen LogP contribution in [0.3, 0.4) is 0 Å². The van der Waals surface area contributed by atoms with E-state index in [1.165, 1.54) is 17.1 Å². The third-order valence-corrected chi connectivity index (χ3v) is 4.87. The molecule has 0 N–H and O–H groups in total. The lowest BCUT2D eigenvalue weighted by Crippen LogP contribution is -2.21. The molecular formula is C20H19ClN4O3. The average molecular weight is 399 g/mol. The molecule has 1 heterocycles. The number of amides is 1. The first-order valence-electron chi connectivity index (χ1n) is 8.52. The number of non-ortho nitro benzene ring substituents is 1.